The maximum absolute atomic E-state index is 9.91. The summed E-state index contributed by atoms with van der Waals surface area (Å²) < 4.78 is 1.00. The normalized spacial score (nSPS) is 10.9. The van der Waals surface area contributed by atoms with E-state index in [0.717, 1.165) is 10.9 Å². The van der Waals surface area contributed by atoms with Gasteiger partial charge < -0.3 is 14.4 Å². The Hall–Kier alpha value is -0.540. The molecule has 0 aliphatic carbocycles. The van der Waals surface area contributed by atoms with Crippen LogP contribution in [-0.2, 0) is 4.79 Å². The van der Waals surface area contributed by atoms with Crippen molar-refractivity contribution >= 4 is 18.4 Å². The number of carbonyl (C=O) groups excluding carboxylic acids is 1. The molecule has 14 heavy (non-hydrogen) atoms. The highest BCUT2D eigenvalue weighted by molar-refractivity contribution is 5.85. The predicted molar refractivity (Wildman–Crippen MR) is 60.3 cm³/mol. The number of hydrogen-bond donors (Lipinski definition) is 0. The van der Waals surface area contributed by atoms with Gasteiger partial charge in [-0.3, -0.25) is 0 Å². The molecule has 86 valence electrons. The smallest absolute Gasteiger partial charge is 0.0675 e. The number of carbonyl (C=O) groups is 1. The number of quaternary nitrogens is 1. The van der Waals surface area contributed by atoms with Crippen LogP contribution in [0.15, 0.2) is 11.6 Å². The molecule has 4 heteroatoms. The first-order valence-corrected chi connectivity index (χ1v) is 4.35. The standard InChI is InChI=1S/C6H10O2.C4H12N.ClH/c1-3-4-5(2)6(7)8;1-5(2,3)4;/h4H,3H2,1-2H3,(H,7,8);1-4H3;1H/q;+1;/p-1. The Morgan fingerprint density at radius 2 is 1.57 bits per heavy atom. The maximum Gasteiger partial charge on any atom is 0.0675 e. The number of carboxylic acids is 1. The molecule has 0 aliphatic heterocycles. The molecule has 0 unspecified atom stereocenters. The van der Waals surface area contributed by atoms with Crippen LogP contribution in [0.2, 0.25) is 0 Å². The molecule has 0 N–H and O–H groups in total. The lowest BCUT2D eigenvalue weighted by Gasteiger charge is -2.14. The summed E-state index contributed by atoms with van der Waals surface area (Å²) >= 11 is 0. The van der Waals surface area contributed by atoms with Crippen LogP contribution in [-0.4, -0.2) is 38.6 Å². The van der Waals surface area contributed by atoms with Crippen LogP contribution in [0.4, 0.5) is 0 Å². The van der Waals surface area contributed by atoms with Gasteiger partial charge in [-0.2, -0.15) is 0 Å². The van der Waals surface area contributed by atoms with Gasteiger partial charge in [0.25, 0.3) is 0 Å². The van der Waals surface area contributed by atoms with Crippen molar-refractivity contribution in [3.05, 3.63) is 11.6 Å². The van der Waals surface area contributed by atoms with Crippen molar-refractivity contribution in [2.24, 2.45) is 0 Å². The van der Waals surface area contributed by atoms with Gasteiger partial charge in [0.05, 0.1) is 34.2 Å². The van der Waals surface area contributed by atoms with Gasteiger partial charge in [-0.15, -0.1) is 12.4 Å². The fourth-order valence-corrected chi connectivity index (χ4v) is 0.390. The average Bonchev–Trinajstić information content (AvgIpc) is 1.84. The van der Waals surface area contributed by atoms with Crippen molar-refractivity contribution in [1.29, 1.82) is 0 Å². The van der Waals surface area contributed by atoms with Gasteiger partial charge in [-0.25, -0.2) is 0 Å². The Kier molecular flexibility index (Phi) is 12.3. The molecule has 0 saturated heterocycles. The highest BCUT2D eigenvalue weighted by atomic mass is 35.5. The third-order valence-electron chi connectivity index (χ3n) is 0.832. The van der Waals surface area contributed by atoms with E-state index in [1.807, 2.05) is 6.92 Å². The number of nitrogens with zero attached hydrogens (tertiary/aromatic N) is 1. The molecule has 0 aromatic carbocycles. The van der Waals surface area contributed by atoms with Gasteiger partial charge in [0, 0.05) is 0 Å². The minimum Gasteiger partial charge on any atom is -0.545 e. The molecular formula is C10H22ClNO2. The van der Waals surface area contributed by atoms with Crippen molar-refractivity contribution in [3.63, 3.8) is 0 Å². The first-order valence-electron chi connectivity index (χ1n) is 4.35. The second-order valence-corrected chi connectivity index (χ2v) is 4.27. The lowest BCUT2D eigenvalue weighted by atomic mass is 10.2. The van der Waals surface area contributed by atoms with Gasteiger partial charge in [0.2, 0.25) is 0 Å². The van der Waals surface area contributed by atoms with E-state index in [4.69, 9.17) is 0 Å². The molecule has 0 aromatic rings. The van der Waals surface area contributed by atoms with Crippen molar-refractivity contribution in [1.82, 2.24) is 0 Å². The molecule has 0 spiro atoms. The van der Waals surface area contributed by atoms with E-state index in [1.165, 1.54) is 6.92 Å². The topological polar surface area (TPSA) is 40.1 Å². The highest BCUT2D eigenvalue weighted by Crippen LogP contribution is 1.90. The van der Waals surface area contributed by atoms with Crippen molar-refractivity contribution in [2.75, 3.05) is 28.2 Å². The summed E-state index contributed by atoms with van der Waals surface area (Å²) in [4.78, 5) is 9.91. The molecule has 0 amide bonds. The molecule has 3 nitrogen and oxygen atoms in total. The minimum absolute atomic E-state index is 0. The Morgan fingerprint density at radius 1 is 1.29 bits per heavy atom. The van der Waals surface area contributed by atoms with E-state index in [1.54, 1.807) is 6.08 Å². The lowest BCUT2D eigenvalue weighted by molar-refractivity contribution is -0.849. The van der Waals surface area contributed by atoms with Crippen LogP contribution in [0, 0.1) is 0 Å². The van der Waals surface area contributed by atoms with Crippen molar-refractivity contribution < 1.29 is 14.4 Å². The monoisotopic (exact) mass is 223 g/mol. The fraction of sp³-hybridized carbons (Fsp3) is 0.700. The van der Waals surface area contributed by atoms with Gasteiger partial charge in [0.1, 0.15) is 0 Å². The van der Waals surface area contributed by atoms with Gasteiger partial charge in [-0.05, 0) is 18.9 Å². The Labute approximate surface area is 93.4 Å². The summed E-state index contributed by atoms with van der Waals surface area (Å²) in [5.74, 6) is -1.08. The highest BCUT2D eigenvalue weighted by Gasteiger charge is 1.88. The summed E-state index contributed by atoms with van der Waals surface area (Å²) in [6.45, 7) is 3.41. The number of halogens is 1. The van der Waals surface area contributed by atoms with Crippen LogP contribution < -0.4 is 5.11 Å². The molecule has 0 aromatic heterocycles. The van der Waals surface area contributed by atoms with Crippen LogP contribution >= 0.6 is 12.4 Å². The summed E-state index contributed by atoms with van der Waals surface area (Å²) in [6, 6.07) is 0. The van der Waals surface area contributed by atoms with Crippen LogP contribution in [0.25, 0.3) is 0 Å². The third-order valence-corrected chi connectivity index (χ3v) is 0.832. The zero-order valence-electron chi connectivity index (χ0n) is 9.96. The Bertz CT molecular complexity index is 177. The number of hydrogen-bond acceptors (Lipinski definition) is 2. The SMILES string of the molecule is CCC=C(C)C(=O)[O-].C[N+](C)(C)C.Cl. The molecule has 0 rings (SSSR count). The molecule has 0 saturated carbocycles. The van der Waals surface area contributed by atoms with Crippen LogP contribution in [0.5, 0.6) is 0 Å². The second-order valence-electron chi connectivity index (χ2n) is 4.27. The fourth-order valence-electron chi connectivity index (χ4n) is 0.390. The predicted octanol–water partition coefficient (Wildman–Crippen LogP) is 0.837. The van der Waals surface area contributed by atoms with Gasteiger partial charge in [0.15, 0.2) is 0 Å². The number of rotatable bonds is 2. The number of allylic oxidation sites excluding steroid dienone is 1. The first-order chi connectivity index (χ1) is 5.68. The van der Waals surface area contributed by atoms with Gasteiger partial charge in [-0.1, -0.05) is 13.0 Å². The Morgan fingerprint density at radius 3 is 1.64 bits per heavy atom. The third kappa shape index (κ3) is 30.0. The summed E-state index contributed by atoms with van der Waals surface area (Å²) in [7, 11) is 8.50. The number of aliphatic carboxylic acids is 1. The largest absolute Gasteiger partial charge is 0.545 e. The molecular weight excluding hydrogens is 202 g/mol. The number of carboxylic acid groups (broad SMARTS) is 1. The van der Waals surface area contributed by atoms with E-state index >= 15 is 0 Å². The van der Waals surface area contributed by atoms with Gasteiger partial charge >= 0.3 is 0 Å². The molecule has 0 atom stereocenters. The van der Waals surface area contributed by atoms with E-state index in [2.05, 4.69) is 28.2 Å². The van der Waals surface area contributed by atoms with E-state index in [-0.39, 0.29) is 12.4 Å². The summed E-state index contributed by atoms with van der Waals surface area (Å²) in [5.41, 5.74) is 0.313. The second kappa shape index (κ2) is 9.03. The zero-order chi connectivity index (χ0) is 11.1. The molecule has 0 heterocycles. The maximum atomic E-state index is 9.91. The molecule has 0 bridgehead atoms. The molecule has 0 radical (unpaired) electrons. The first kappa shape index (κ1) is 19.1. The Balaban J connectivity index is -0.000000177. The zero-order valence-corrected chi connectivity index (χ0v) is 10.8. The summed E-state index contributed by atoms with van der Waals surface area (Å²) in [6.07, 6.45) is 2.37. The quantitative estimate of drug-likeness (QED) is 0.514. The van der Waals surface area contributed by atoms with E-state index in [9.17, 15) is 9.90 Å². The summed E-state index contributed by atoms with van der Waals surface area (Å²) in [5, 5.41) is 9.91. The lowest BCUT2D eigenvalue weighted by Crippen LogP contribution is -2.27. The van der Waals surface area contributed by atoms with E-state index in [0.29, 0.717) is 5.57 Å². The average molecular weight is 224 g/mol. The van der Waals surface area contributed by atoms with E-state index < -0.39 is 5.97 Å². The van der Waals surface area contributed by atoms with Crippen LogP contribution in [0.3, 0.4) is 0 Å². The minimum atomic E-state index is -1.08. The molecule has 0 aliphatic rings. The van der Waals surface area contributed by atoms with Crippen molar-refractivity contribution in [3.8, 4) is 0 Å². The van der Waals surface area contributed by atoms with Crippen molar-refractivity contribution in [2.45, 2.75) is 20.3 Å². The van der Waals surface area contributed by atoms with Crippen LogP contribution in [0.1, 0.15) is 20.3 Å². The molecule has 0 fully saturated rings.